The van der Waals surface area contributed by atoms with Gasteiger partial charge in [-0.05, 0) is 57.0 Å². The lowest BCUT2D eigenvalue weighted by Crippen LogP contribution is -2.54. The Morgan fingerprint density at radius 2 is 1.75 bits per heavy atom. The van der Waals surface area contributed by atoms with Crippen LogP contribution in [0.2, 0.25) is 0 Å². The number of hydrogen-bond donors (Lipinski definition) is 1. The number of carbonyl (C=O) groups is 2. The van der Waals surface area contributed by atoms with E-state index in [2.05, 4.69) is 4.84 Å². The first-order valence-electron chi connectivity index (χ1n) is 12.3. The Bertz CT molecular complexity index is 1290. The number of likely N-dealkylation sites (tertiary alicyclic amines) is 1. The fraction of sp³-hybridized carbons (Fsp3) is 0.462. The van der Waals surface area contributed by atoms with Crippen molar-refractivity contribution in [1.82, 2.24) is 9.96 Å². The van der Waals surface area contributed by atoms with E-state index in [1.807, 2.05) is 29.4 Å². The first-order chi connectivity index (χ1) is 18.8. The van der Waals surface area contributed by atoms with E-state index in [4.69, 9.17) is 9.47 Å². The van der Waals surface area contributed by atoms with Gasteiger partial charge in [-0.3, -0.25) is 0 Å². The molecule has 2 aromatic rings. The highest BCUT2D eigenvalue weighted by Crippen LogP contribution is 2.50. The van der Waals surface area contributed by atoms with Gasteiger partial charge in [0.1, 0.15) is 5.82 Å². The van der Waals surface area contributed by atoms with Crippen LogP contribution in [-0.4, -0.2) is 68.0 Å². The highest BCUT2D eigenvalue weighted by molar-refractivity contribution is 5.90. The summed E-state index contributed by atoms with van der Waals surface area (Å²) in [5, 5.41) is 2.01. The van der Waals surface area contributed by atoms with Crippen LogP contribution in [0.1, 0.15) is 31.2 Å². The minimum atomic E-state index is -5.45. The molecule has 0 aromatic heterocycles. The Kier molecular flexibility index (Phi) is 8.11. The van der Waals surface area contributed by atoms with Gasteiger partial charge in [0.15, 0.2) is 23.1 Å². The van der Waals surface area contributed by atoms with Gasteiger partial charge in [-0.25, -0.2) is 22.8 Å². The van der Waals surface area contributed by atoms with E-state index < -0.39 is 52.8 Å². The molecule has 1 aliphatic carbocycles. The van der Waals surface area contributed by atoms with Crippen LogP contribution in [0.25, 0.3) is 0 Å². The van der Waals surface area contributed by atoms with Gasteiger partial charge >= 0.3 is 18.2 Å². The lowest BCUT2D eigenvalue weighted by molar-refractivity contribution is -0.235. The third kappa shape index (κ3) is 5.49. The third-order valence-electron chi connectivity index (χ3n) is 7.64. The van der Waals surface area contributed by atoms with E-state index in [1.165, 1.54) is 14.2 Å². The van der Waals surface area contributed by atoms with E-state index in [9.17, 15) is 35.9 Å². The summed E-state index contributed by atoms with van der Waals surface area (Å²) in [7, 11) is 4.82. The van der Waals surface area contributed by atoms with Gasteiger partial charge in [0.05, 0.1) is 25.9 Å². The van der Waals surface area contributed by atoms with Crippen LogP contribution >= 0.6 is 0 Å². The largest absolute Gasteiger partial charge is 0.493 e. The smallest absolute Gasteiger partial charge is 0.493 e. The normalized spacial score (nSPS) is 22.8. The standard InChI is InChI=1S/C26H27F6N3O5/c1-34-9-8-25(14-4-5-19(38-2)20(10-14)39-3)7-6-16(13-21(25)34)35(40-23(36)26(30,31)32)24(37)33-18-12-15(27)11-17(28)22(18)29/h4-5,10-12,16,21H,6-9,13H2,1-3H3,(H,33,37)/t16-,21+,25+/m1/s1. The van der Waals surface area contributed by atoms with Crippen molar-refractivity contribution in [3.8, 4) is 11.5 Å². The summed E-state index contributed by atoms with van der Waals surface area (Å²) in [4.78, 5) is 31.3. The molecule has 0 radical (unpaired) electrons. The number of anilines is 1. The molecule has 2 amide bonds. The maximum Gasteiger partial charge on any atom is 0.493 e. The minimum absolute atomic E-state index is 0.0728. The molecule has 0 unspecified atom stereocenters. The summed E-state index contributed by atoms with van der Waals surface area (Å²) in [6.07, 6.45) is -4.21. The second-order valence-corrected chi connectivity index (χ2v) is 9.78. The number of fused-ring (bicyclic) bond motifs is 1. The van der Waals surface area contributed by atoms with Crippen LogP contribution in [0.3, 0.4) is 0 Å². The van der Waals surface area contributed by atoms with Crippen LogP contribution in [0, 0.1) is 17.5 Å². The highest BCUT2D eigenvalue weighted by Gasteiger charge is 2.53. The number of alkyl halides is 3. The number of hydroxylamine groups is 2. The van der Waals surface area contributed by atoms with Crippen molar-refractivity contribution in [3.63, 3.8) is 0 Å². The summed E-state index contributed by atoms with van der Waals surface area (Å²) in [6.45, 7) is 0.633. The Morgan fingerprint density at radius 3 is 2.40 bits per heavy atom. The summed E-state index contributed by atoms with van der Waals surface area (Å²) < 4.78 is 91.6. The maximum absolute atomic E-state index is 14.2. The lowest BCUT2D eigenvalue weighted by Gasteiger charge is -2.46. The Labute approximate surface area is 225 Å². The number of hydrogen-bond acceptors (Lipinski definition) is 6. The number of rotatable bonds is 5. The second kappa shape index (κ2) is 11.1. The quantitative estimate of drug-likeness (QED) is 0.301. The first kappa shape index (κ1) is 29.3. The molecule has 1 heterocycles. The Balaban J connectivity index is 1.65. The molecule has 4 rings (SSSR count). The summed E-state index contributed by atoms with van der Waals surface area (Å²) in [5.74, 6) is -6.16. The van der Waals surface area contributed by atoms with Gasteiger partial charge in [-0.15, -0.1) is 5.06 Å². The molecule has 14 heteroatoms. The number of carbonyl (C=O) groups excluding carboxylic acids is 2. The van der Waals surface area contributed by atoms with Crippen molar-refractivity contribution in [1.29, 1.82) is 0 Å². The van der Waals surface area contributed by atoms with Gasteiger partial charge in [0.25, 0.3) is 0 Å². The number of ether oxygens (including phenoxy) is 2. The molecule has 1 N–H and O–H groups in total. The van der Waals surface area contributed by atoms with Crippen molar-refractivity contribution in [2.24, 2.45) is 0 Å². The van der Waals surface area contributed by atoms with E-state index in [0.29, 0.717) is 37.0 Å². The zero-order chi connectivity index (χ0) is 29.4. The second-order valence-electron chi connectivity index (χ2n) is 9.78. The van der Waals surface area contributed by atoms with Gasteiger partial charge in [-0.1, -0.05) is 6.07 Å². The third-order valence-corrected chi connectivity index (χ3v) is 7.64. The van der Waals surface area contributed by atoms with Crippen LogP contribution < -0.4 is 14.8 Å². The highest BCUT2D eigenvalue weighted by atomic mass is 19.4. The van der Waals surface area contributed by atoms with Crippen LogP contribution in [0.15, 0.2) is 30.3 Å². The molecule has 2 aliphatic rings. The van der Waals surface area contributed by atoms with Crippen LogP contribution in [-0.2, 0) is 15.0 Å². The molecular formula is C26H27F6N3O5. The SMILES string of the molecule is COc1ccc([C@@]23CC[C@@H](N(OC(=O)C(F)(F)F)C(=O)Nc4cc(F)cc(F)c4F)C[C@@H]2N(C)CC3)cc1OC. The van der Waals surface area contributed by atoms with Gasteiger partial charge in [0.2, 0.25) is 0 Å². The monoisotopic (exact) mass is 575 g/mol. The fourth-order valence-corrected chi connectivity index (χ4v) is 5.70. The average Bonchev–Trinajstić information content (AvgIpc) is 3.25. The number of benzene rings is 2. The van der Waals surface area contributed by atoms with Crippen molar-refractivity contribution in [2.45, 2.75) is 49.4 Å². The zero-order valence-corrected chi connectivity index (χ0v) is 21.8. The van der Waals surface area contributed by atoms with Gasteiger partial charge < -0.3 is 24.5 Å². The Morgan fingerprint density at radius 1 is 1.05 bits per heavy atom. The first-order valence-corrected chi connectivity index (χ1v) is 12.3. The van der Waals surface area contributed by atoms with Crippen LogP contribution in [0.5, 0.6) is 11.5 Å². The van der Waals surface area contributed by atoms with E-state index in [-0.39, 0.29) is 30.0 Å². The fourth-order valence-electron chi connectivity index (χ4n) is 5.70. The number of amides is 2. The van der Waals surface area contributed by atoms with Crippen molar-refractivity contribution in [3.05, 3.63) is 53.3 Å². The number of nitrogens with zero attached hydrogens (tertiary/aromatic N) is 2. The predicted octanol–water partition coefficient (Wildman–Crippen LogP) is 5.17. The zero-order valence-electron chi connectivity index (χ0n) is 21.8. The van der Waals surface area contributed by atoms with Crippen molar-refractivity contribution in [2.75, 3.05) is 33.1 Å². The molecule has 0 bridgehead atoms. The number of urea groups is 1. The van der Waals surface area contributed by atoms with Crippen LogP contribution in [0.4, 0.5) is 36.8 Å². The molecule has 8 nitrogen and oxygen atoms in total. The molecule has 0 spiro atoms. The molecule has 1 saturated heterocycles. The molecule has 1 aliphatic heterocycles. The van der Waals surface area contributed by atoms with E-state index >= 15 is 0 Å². The van der Waals surface area contributed by atoms with Crippen molar-refractivity contribution >= 4 is 17.7 Å². The lowest BCUT2D eigenvalue weighted by atomic mass is 9.65. The summed E-state index contributed by atoms with van der Waals surface area (Å²) >= 11 is 0. The van der Waals surface area contributed by atoms with E-state index in [1.54, 1.807) is 6.07 Å². The van der Waals surface area contributed by atoms with Gasteiger partial charge in [-0.2, -0.15) is 13.2 Å². The predicted molar refractivity (Wildman–Crippen MR) is 129 cm³/mol. The minimum Gasteiger partial charge on any atom is -0.493 e. The van der Waals surface area contributed by atoms with Crippen molar-refractivity contribution < 1.29 is 50.2 Å². The molecule has 40 heavy (non-hydrogen) atoms. The number of likely N-dealkylation sites (N-methyl/N-ethyl adjacent to an activating group) is 1. The number of methoxy groups -OCH3 is 2. The molecule has 1 saturated carbocycles. The molecule has 3 atom stereocenters. The topological polar surface area (TPSA) is 80.3 Å². The van der Waals surface area contributed by atoms with E-state index in [0.717, 1.165) is 5.56 Å². The number of halogens is 6. The molecule has 218 valence electrons. The number of nitrogens with one attached hydrogen (secondary N) is 1. The molecular weight excluding hydrogens is 548 g/mol. The average molecular weight is 576 g/mol. The Hall–Kier alpha value is -3.68. The maximum atomic E-state index is 14.2. The summed E-state index contributed by atoms with van der Waals surface area (Å²) in [5.41, 5.74) is -0.540. The molecule has 2 aromatic carbocycles. The summed E-state index contributed by atoms with van der Waals surface area (Å²) in [6, 6.07) is 3.27. The van der Waals surface area contributed by atoms with Gasteiger partial charge in [0, 0.05) is 23.6 Å². The molecule has 2 fully saturated rings.